The zero-order chi connectivity index (χ0) is 35.7. The molecule has 272 valence electrons. The van der Waals surface area contributed by atoms with Gasteiger partial charge in [-0.25, -0.2) is 14.4 Å². The highest BCUT2D eigenvalue weighted by atomic mass is 19.1. The molecule has 0 spiro atoms. The number of nitrogens with zero attached hydrogens (tertiary/aromatic N) is 6. The molecule has 3 fully saturated rings. The van der Waals surface area contributed by atoms with Crippen LogP contribution in [-0.2, 0) is 13.0 Å². The Labute approximate surface area is 297 Å². The highest BCUT2D eigenvalue weighted by molar-refractivity contribution is 5.96. The van der Waals surface area contributed by atoms with E-state index in [1.807, 2.05) is 18.2 Å². The molecule has 0 radical (unpaired) electrons. The van der Waals surface area contributed by atoms with Gasteiger partial charge in [0, 0.05) is 70.2 Å². The summed E-state index contributed by atoms with van der Waals surface area (Å²) in [7, 11) is 3.63. The molecule has 3 aliphatic rings. The molecular formula is C39H57FN8O2. The van der Waals surface area contributed by atoms with Crippen LogP contribution >= 0.6 is 0 Å². The second-order valence-electron chi connectivity index (χ2n) is 15.7. The highest BCUT2D eigenvalue weighted by Crippen LogP contribution is 2.48. The van der Waals surface area contributed by atoms with Crippen LogP contribution in [0.3, 0.4) is 0 Å². The average molecular weight is 689 g/mol. The Balaban J connectivity index is 1.35. The van der Waals surface area contributed by atoms with Gasteiger partial charge in [0.15, 0.2) is 5.96 Å². The number of piperazine rings is 2. The maximum absolute atomic E-state index is 14.9. The van der Waals surface area contributed by atoms with Crippen LogP contribution in [0.15, 0.2) is 46.2 Å². The second kappa shape index (κ2) is 14.9. The molecule has 0 amide bonds. The summed E-state index contributed by atoms with van der Waals surface area (Å²) in [5, 5.41) is 7.82. The van der Waals surface area contributed by atoms with Crippen LogP contribution in [0.2, 0.25) is 0 Å². The fraction of sp³-hybridized carbons (Fsp3) is 0.615. The summed E-state index contributed by atoms with van der Waals surface area (Å²) in [4.78, 5) is 31.7. The fourth-order valence-electron chi connectivity index (χ4n) is 7.94. The predicted octanol–water partition coefficient (Wildman–Crippen LogP) is 5.31. The number of methoxy groups -OCH3 is 1. The third-order valence-corrected chi connectivity index (χ3v) is 12.2. The van der Waals surface area contributed by atoms with E-state index in [1.165, 1.54) is 13.2 Å². The lowest BCUT2D eigenvalue weighted by molar-refractivity contribution is 0.0266. The lowest BCUT2D eigenvalue weighted by Crippen LogP contribution is -2.54. The number of guanidine groups is 1. The van der Waals surface area contributed by atoms with Crippen molar-refractivity contribution in [2.24, 2.45) is 28.2 Å². The number of aromatic nitrogens is 2. The summed E-state index contributed by atoms with van der Waals surface area (Å²) in [6, 6.07) is 11.3. The van der Waals surface area contributed by atoms with Crippen molar-refractivity contribution in [3.63, 3.8) is 0 Å². The minimum absolute atomic E-state index is 0.115. The molecule has 0 bridgehead atoms. The monoisotopic (exact) mass is 688 g/mol. The van der Waals surface area contributed by atoms with Crippen molar-refractivity contribution in [3.8, 4) is 5.75 Å². The quantitative estimate of drug-likeness (QED) is 0.255. The number of hydrogen-bond acceptors (Lipinski definition) is 7. The van der Waals surface area contributed by atoms with E-state index in [1.54, 1.807) is 16.7 Å². The Morgan fingerprint density at radius 1 is 1.08 bits per heavy atom. The van der Waals surface area contributed by atoms with Gasteiger partial charge in [0.2, 0.25) is 5.95 Å². The molecule has 2 aromatic carbocycles. The first-order chi connectivity index (χ1) is 23.8. The van der Waals surface area contributed by atoms with Crippen LogP contribution in [0.4, 0.5) is 16.0 Å². The lowest BCUT2D eigenvalue weighted by atomic mass is 9.58. The van der Waals surface area contributed by atoms with E-state index in [0.29, 0.717) is 64.9 Å². The average Bonchev–Trinajstić information content (AvgIpc) is 3.09. The van der Waals surface area contributed by atoms with Crippen molar-refractivity contribution < 1.29 is 9.13 Å². The summed E-state index contributed by atoms with van der Waals surface area (Å²) in [6.07, 6.45) is 1.42. The Bertz CT molecular complexity index is 1750. The van der Waals surface area contributed by atoms with E-state index in [0.717, 1.165) is 63.9 Å². The number of halogens is 1. The molecule has 2 aliphatic heterocycles. The van der Waals surface area contributed by atoms with Crippen molar-refractivity contribution in [2.45, 2.75) is 73.0 Å². The maximum atomic E-state index is 14.9. The number of hydrogen-bond donors (Lipinski definition) is 2. The van der Waals surface area contributed by atoms with Gasteiger partial charge in [0.25, 0.3) is 5.56 Å². The Kier molecular flexibility index (Phi) is 10.7. The maximum Gasteiger partial charge on any atom is 0.262 e. The molecule has 3 heterocycles. The Morgan fingerprint density at radius 2 is 1.84 bits per heavy atom. The third-order valence-electron chi connectivity index (χ3n) is 12.2. The SMILES string of the molecule is COc1ccc(CCn2c(N3CCN(C)CC3)nc3cc(NC(=NC4C[C@@H](C)C(C)(C)[C@@H](C)[C@@H]4C)N4CCN[C@@H](C)C4)ccc3c2=O)c(F)c1. The molecule has 1 unspecified atom stereocenters. The van der Waals surface area contributed by atoms with E-state index in [4.69, 9.17) is 14.7 Å². The van der Waals surface area contributed by atoms with Crippen LogP contribution in [0, 0.1) is 29.0 Å². The molecule has 11 heteroatoms. The molecule has 2 saturated heterocycles. The topological polar surface area (TPSA) is 90.3 Å². The first-order valence-electron chi connectivity index (χ1n) is 18.5. The first kappa shape index (κ1) is 36.1. The first-order valence-corrected chi connectivity index (χ1v) is 18.5. The van der Waals surface area contributed by atoms with E-state index in [9.17, 15) is 9.18 Å². The predicted molar refractivity (Wildman–Crippen MR) is 202 cm³/mol. The fourth-order valence-corrected chi connectivity index (χ4v) is 7.94. The molecule has 50 heavy (non-hydrogen) atoms. The zero-order valence-electron chi connectivity index (χ0n) is 31.3. The normalized spacial score (nSPS) is 26.3. The van der Waals surface area contributed by atoms with Crippen LogP contribution in [0.25, 0.3) is 10.9 Å². The summed E-state index contributed by atoms with van der Waals surface area (Å²) in [5.41, 5.74) is 2.20. The van der Waals surface area contributed by atoms with Gasteiger partial charge in [-0.2, -0.15) is 0 Å². The number of aliphatic imine (C=N–C) groups is 1. The lowest BCUT2D eigenvalue weighted by Gasteiger charge is -2.49. The summed E-state index contributed by atoms with van der Waals surface area (Å²) >= 11 is 0. The van der Waals surface area contributed by atoms with E-state index < -0.39 is 0 Å². The number of ether oxygens (including phenoxy) is 1. The molecule has 5 atom stereocenters. The van der Waals surface area contributed by atoms with Crippen LogP contribution in [0.5, 0.6) is 5.75 Å². The number of benzene rings is 2. The van der Waals surface area contributed by atoms with Gasteiger partial charge in [-0.15, -0.1) is 0 Å². The van der Waals surface area contributed by atoms with Gasteiger partial charge in [-0.05, 0) is 79.8 Å². The summed E-state index contributed by atoms with van der Waals surface area (Å²) in [6.45, 7) is 20.4. The minimum Gasteiger partial charge on any atom is -0.497 e. The zero-order valence-corrected chi connectivity index (χ0v) is 31.3. The number of fused-ring (bicyclic) bond motifs is 1. The Morgan fingerprint density at radius 3 is 2.54 bits per heavy atom. The number of likely N-dealkylation sites (N-methyl/N-ethyl adjacent to an activating group) is 1. The van der Waals surface area contributed by atoms with Gasteiger partial charge in [-0.3, -0.25) is 9.36 Å². The van der Waals surface area contributed by atoms with Gasteiger partial charge in [0.1, 0.15) is 11.6 Å². The molecule has 1 saturated carbocycles. The van der Waals surface area contributed by atoms with E-state index >= 15 is 0 Å². The third kappa shape index (κ3) is 7.49. The molecule has 2 N–H and O–H groups in total. The minimum atomic E-state index is -0.338. The van der Waals surface area contributed by atoms with E-state index in [-0.39, 0.29) is 22.8 Å². The van der Waals surface area contributed by atoms with Crippen molar-refractivity contribution >= 4 is 28.5 Å². The molecular weight excluding hydrogens is 631 g/mol. The molecule has 3 aromatic rings. The van der Waals surface area contributed by atoms with Crippen LogP contribution in [0.1, 0.15) is 53.5 Å². The Hall–Kier alpha value is -3.70. The van der Waals surface area contributed by atoms with Crippen LogP contribution in [-0.4, -0.2) is 97.4 Å². The van der Waals surface area contributed by atoms with Gasteiger partial charge in [0.05, 0.1) is 24.1 Å². The molecule has 10 nitrogen and oxygen atoms in total. The van der Waals surface area contributed by atoms with Gasteiger partial charge >= 0.3 is 0 Å². The molecule has 1 aliphatic carbocycles. The van der Waals surface area contributed by atoms with Crippen LogP contribution < -0.4 is 25.8 Å². The molecule has 1 aromatic heterocycles. The number of anilines is 2. The van der Waals surface area contributed by atoms with Crippen molar-refractivity contribution in [1.82, 2.24) is 24.7 Å². The summed E-state index contributed by atoms with van der Waals surface area (Å²) in [5.74, 6) is 3.22. The van der Waals surface area contributed by atoms with Crippen molar-refractivity contribution in [2.75, 3.05) is 70.2 Å². The molecule has 6 rings (SSSR count). The largest absolute Gasteiger partial charge is 0.497 e. The smallest absolute Gasteiger partial charge is 0.262 e. The van der Waals surface area contributed by atoms with Gasteiger partial charge < -0.3 is 30.1 Å². The van der Waals surface area contributed by atoms with Gasteiger partial charge in [-0.1, -0.05) is 40.7 Å². The summed E-state index contributed by atoms with van der Waals surface area (Å²) < 4.78 is 21.8. The number of nitrogens with one attached hydrogen (secondary N) is 2. The van der Waals surface area contributed by atoms with Crippen molar-refractivity contribution in [1.29, 1.82) is 0 Å². The highest BCUT2D eigenvalue weighted by Gasteiger charge is 2.44. The second-order valence-corrected chi connectivity index (χ2v) is 15.7. The van der Waals surface area contributed by atoms with Crippen molar-refractivity contribution in [3.05, 3.63) is 58.1 Å². The van der Waals surface area contributed by atoms with E-state index in [2.05, 4.69) is 73.9 Å². The number of rotatable bonds is 7. The standard InChI is InChI=1S/C39H57FN8O2/c1-25-21-34(27(3)28(4)39(25,5)6)43-37(47-16-14-41-26(2)24-47)42-30-10-12-32-35(22-30)44-38(46-19-17-45(7)18-20-46)48(36(32)49)15-13-29-9-11-31(50-8)23-33(29)40/h9-12,22-23,25-28,34,41H,13-21,24H2,1-8H3,(H,42,43)/t25-,26+,27+,28+,34?/m1/s1. The number of aryl methyl sites for hydroxylation is 1.